The van der Waals surface area contributed by atoms with Crippen LogP contribution >= 0.6 is 0 Å². The van der Waals surface area contributed by atoms with Crippen molar-refractivity contribution in [2.24, 2.45) is 0 Å². The molecule has 3 aliphatic rings. The van der Waals surface area contributed by atoms with Crippen LogP contribution in [0.3, 0.4) is 0 Å². The summed E-state index contributed by atoms with van der Waals surface area (Å²) in [5.74, 6) is 0. The first-order valence-corrected chi connectivity index (χ1v) is 7.83. The summed E-state index contributed by atoms with van der Waals surface area (Å²) in [4.78, 5) is 5.46. The summed E-state index contributed by atoms with van der Waals surface area (Å²) in [5.41, 5.74) is 0. The van der Waals surface area contributed by atoms with E-state index in [1.807, 2.05) is 0 Å². The summed E-state index contributed by atoms with van der Waals surface area (Å²) in [5, 5.41) is 7.00. The number of piperidine rings is 2. The number of hydrogen-bond donors (Lipinski definition) is 2. The zero-order valence-corrected chi connectivity index (χ0v) is 11.5. The van der Waals surface area contributed by atoms with Crippen LogP contribution in [0.25, 0.3) is 0 Å². The molecule has 0 spiro atoms. The van der Waals surface area contributed by atoms with Crippen molar-refractivity contribution in [3.05, 3.63) is 0 Å². The van der Waals surface area contributed by atoms with Crippen LogP contribution in [0, 0.1) is 0 Å². The van der Waals surface area contributed by atoms with Crippen LogP contribution in [0.1, 0.15) is 25.7 Å². The molecule has 1 atom stereocenters. The lowest BCUT2D eigenvalue weighted by atomic mass is 9.98. The van der Waals surface area contributed by atoms with Crippen molar-refractivity contribution in [2.75, 3.05) is 52.4 Å². The minimum atomic E-state index is 0.822. The quantitative estimate of drug-likeness (QED) is 0.730. The Kier molecular flexibility index (Phi) is 4.52. The van der Waals surface area contributed by atoms with E-state index in [1.54, 1.807) is 0 Å². The summed E-state index contributed by atoms with van der Waals surface area (Å²) in [7, 11) is 0. The van der Waals surface area contributed by atoms with E-state index in [0.717, 1.165) is 12.1 Å². The maximum atomic E-state index is 3.55. The Balaban J connectivity index is 1.45. The molecule has 0 saturated carbocycles. The normalized spacial score (nSPS) is 33.7. The van der Waals surface area contributed by atoms with Crippen molar-refractivity contribution in [3.8, 4) is 0 Å². The molecule has 3 aliphatic heterocycles. The van der Waals surface area contributed by atoms with Crippen molar-refractivity contribution < 1.29 is 0 Å². The molecule has 3 heterocycles. The Hall–Kier alpha value is -0.160. The number of piperazine rings is 1. The fourth-order valence-electron chi connectivity index (χ4n) is 3.81. The Labute approximate surface area is 111 Å². The Morgan fingerprint density at radius 2 is 1.39 bits per heavy atom. The molecule has 3 rings (SSSR count). The largest absolute Gasteiger partial charge is 0.315 e. The van der Waals surface area contributed by atoms with Crippen molar-refractivity contribution >= 4 is 0 Å². The highest BCUT2D eigenvalue weighted by Crippen LogP contribution is 2.21. The summed E-state index contributed by atoms with van der Waals surface area (Å²) in [6, 6.07) is 1.68. The van der Waals surface area contributed by atoms with Gasteiger partial charge >= 0.3 is 0 Å². The third-order valence-electron chi connectivity index (χ3n) is 4.95. The van der Waals surface area contributed by atoms with E-state index in [1.165, 1.54) is 78.0 Å². The van der Waals surface area contributed by atoms with Gasteiger partial charge in [0.1, 0.15) is 0 Å². The Morgan fingerprint density at radius 3 is 2.06 bits per heavy atom. The molecule has 0 aromatic carbocycles. The second-order valence-corrected chi connectivity index (χ2v) is 6.05. The molecule has 0 bridgehead atoms. The highest BCUT2D eigenvalue weighted by atomic mass is 15.2. The van der Waals surface area contributed by atoms with Gasteiger partial charge in [-0.1, -0.05) is 0 Å². The molecule has 0 amide bonds. The van der Waals surface area contributed by atoms with Gasteiger partial charge in [-0.05, 0) is 45.3 Å². The lowest BCUT2D eigenvalue weighted by Crippen LogP contribution is -2.55. The predicted molar refractivity (Wildman–Crippen MR) is 74.9 cm³/mol. The summed E-state index contributed by atoms with van der Waals surface area (Å²) in [6.07, 6.45) is 5.54. The van der Waals surface area contributed by atoms with Crippen molar-refractivity contribution in [3.63, 3.8) is 0 Å². The van der Waals surface area contributed by atoms with Gasteiger partial charge in [-0.3, -0.25) is 9.80 Å². The van der Waals surface area contributed by atoms with Gasteiger partial charge in [0.2, 0.25) is 0 Å². The van der Waals surface area contributed by atoms with Crippen molar-refractivity contribution in [1.29, 1.82) is 0 Å². The van der Waals surface area contributed by atoms with Crippen LogP contribution in [-0.2, 0) is 0 Å². The van der Waals surface area contributed by atoms with Crippen LogP contribution in [0.5, 0.6) is 0 Å². The highest BCUT2D eigenvalue weighted by Gasteiger charge is 2.29. The second-order valence-electron chi connectivity index (χ2n) is 6.05. The lowest BCUT2D eigenvalue weighted by Gasteiger charge is -2.43. The number of hydrogen-bond acceptors (Lipinski definition) is 4. The molecule has 104 valence electrons. The summed E-state index contributed by atoms with van der Waals surface area (Å²) in [6.45, 7) is 9.98. The Morgan fingerprint density at radius 1 is 0.667 bits per heavy atom. The van der Waals surface area contributed by atoms with Crippen molar-refractivity contribution in [1.82, 2.24) is 20.4 Å². The molecule has 0 aromatic rings. The minimum absolute atomic E-state index is 0.822. The molecule has 3 fully saturated rings. The zero-order valence-electron chi connectivity index (χ0n) is 11.5. The van der Waals surface area contributed by atoms with E-state index in [0.29, 0.717) is 0 Å². The average Bonchev–Trinajstić information content (AvgIpc) is 2.49. The van der Waals surface area contributed by atoms with Crippen LogP contribution in [0.4, 0.5) is 0 Å². The summed E-state index contributed by atoms with van der Waals surface area (Å²) >= 11 is 0. The van der Waals surface area contributed by atoms with E-state index in [9.17, 15) is 0 Å². The average molecular weight is 252 g/mol. The van der Waals surface area contributed by atoms with Crippen LogP contribution < -0.4 is 10.6 Å². The first-order chi connectivity index (χ1) is 8.93. The van der Waals surface area contributed by atoms with Gasteiger partial charge in [-0.25, -0.2) is 0 Å². The molecule has 0 aromatic heterocycles. The fraction of sp³-hybridized carbons (Fsp3) is 1.00. The SMILES string of the molecule is C1CNCC(N2CCC(N3CCNCC3)CC2)C1. The lowest BCUT2D eigenvalue weighted by molar-refractivity contribution is 0.0686. The molecular formula is C14H28N4. The smallest absolute Gasteiger partial charge is 0.0221 e. The second kappa shape index (κ2) is 6.33. The van der Waals surface area contributed by atoms with E-state index in [-0.39, 0.29) is 0 Å². The van der Waals surface area contributed by atoms with Gasteiger partial charge in [0, 0.05) is 44.8 Å². The molecule has 18 heavy (non-hydrogen) atoms. The van der Waals surface area contributed by atoms with Gasteiger partial charge in [0.05, 0.1) is 0 Å². The van der Waals surface area contributed by atoms with Gasteiger partial charge in [-0.2, -0.15) is 0 Å². The highest BCUT2D eigenvalue weighted by molar-refractivity contribution is 4.86. The molecule has 0 radical (unpaired) electrons. The predicted octanol–water partition coefficient (Wildman–Crippen LogP) is 0.108. The molecule has 3 saturated heterocycles. The molecule has 0 aliphatic carbocycles. The number of rotatable bonds is 2. The molecule has 4 nitrogen and oxygen atoms in total. The number of nitrogens with zero attached hydrogens (tertiary/aromatic N) is 2. The monoisotopic (exact) mass is 252 g/mol. The van der Waals surface area contributed by atoms with Crippen LogP contribution in [-0.4, -0.2) is 74.2 Å². The molecule has 1 unspecified atom stereocenters. The third-order valence-corrected chi connectivity index (χ3v) is 4.95. The van der Waals surface area contributed by atoms with Crippen LogP contribution in [0.15, 0.2) is 0 Å². The third kappa shape index (κ3) is 3.05. The number of likely N-dealkylation sites (tertiary alicyclic amines) is 1. The molecule has 2 N–H and O–H groups in total. The van der Waals surface area contributed by atoms with Gasteiger partial charge in [-0.15, -0.1) is 0 Å². The minimum Gasteiger partial charge on any atom is -0.315 e. The van der Waals surface area contributed by atoms with Crippen molar-refractivity contribution in [2.45, 2.75) is 37.8 Å². The maximum Gasteiger partial charge on any atom is 0.0221 e. The zero-order chi connectivity index (χ0) is 12.2. The first-order valence-electron chi connectivity index (χ1n) is 7.83. The standard InChI is InChI=1S/C14H28N4/c1-2-14(12-16-5-1)17-8-3-13(4-9-17)18-10-6-15-7-11-18/h13-16H,1-12H2. The Bertz CT molecular complexity index is 212. The van der Waals surface area contributed by atoms with Gasteiger partial charge in [0.15, 0.2) is 0 Å². The van der Waals surface area contributed by atoms with E-state index >= 15 is 0 Å². The van der Waals surface area contributed by atoms with Gasteiger partial charge in [0.25, 0.3) is 0 Å². The topological polar surface area (TPSA) is 30.5 Å². The van der Waals surface area contributed by atoms with E-state index in [2.05, 4.69) is 20.4 Å². The first kappa shape index (κ1) is 12.9. The summed E-state index contributed by atoms with van der Waals surface area (Å²) < 4.78 is 0. The molecular weight excluding hydrogens is 224 g/mol. The van der Waals surface area contributed by atoms with E-state index in [4.69, 9.17) is 0 Å². The van der Waals surface area contributed by atoms with Gasteiger partial charge < -0.3 is 10.6 Å². The molecule has 4 heteroatoms. The number of nitrogens with one attached hydrogen (secondary N) is 2. The van der Waals surface area contributed by atoms with E-state index < -0.39 is 0 Å². The fourth-order valence-corrected chi connectivity index (χ4v) is 3.81. The van der Waals surface area contributed by atoms with Crippen LogP contribution in [0.2, 0.25) is 0 Å². The maximum absolute atomic E-state index is 3.55.